The third kappa shape index (κ3) is 4.14. The van der Waals surface area contributed by atoms with Gasteiger partial charge in [0.15, 0.2) is 11.5 Å². The molecule has 1 atom stereocenters. The zero-order valence-corrected chi connectivity index (χ0v) is 16.4. The summed E-state index contributed by atoms with van der Waals surface area (Å²) < 4.78 is 13.4. The summed E-state index contributed by atoms with van der Waals surface area (Å²) in [5.41, 5.74) is 1.11. The third-order valence-electron chi connectivity index (χ3n) is 4.64. The largest absolute Gasteiger partial charge is 0.493 e. The van der Waals surface area contributed by atoms with Crippen molar-refractivity contribution in [2.45, 2.75) is 25.9 Å². The zero-order chi connectivity index (χ0) is 18.5. The Morgan fingerprint density at radius 2 is 2.23 bits per heavy atom. The molecular weight excluding hydrogens is 352 g/mol. The van der Waals surface area contributed by atoms with Crippen LogP contribution in [0, 0.1) is 0 Å². The highest BCUT2D eigenvalue weighted by Gasteiger charge is 2.27. The van der Waals surface area contributed by atoms with Gasteiger partial charge in [-0.15, -0.1) is 0 Å². The average molecular weight is 379 g/mol. The maximum absolute atomic E-state index is 6.48. The molecular formula is C19H27ClN4O2. The standard InChI is InChI=1S/C19H27ClN4O2/c1-4-9-26-18-15(20)10-14(11-17(18)25-3)13-24-8-5-21-12-16(24)19-22-6-7-23(19)2/h6-7,10-11,16,21H,4-5,8-9,12-13H2,1-3H3. The Morgan fingerprint density at radius 1 is 1.38 bits per heavy atom. The molecule has 0 aliphatic carbocycles. The number of aromatic nitrogens is 2. The lowest BCUT2D eigenvalue weighted by Gasteiger charge is -2.35. The van der Waals surface area contributed by atoms with Gasteiger partial charge >= 0.3 is 0 Å². The van der Waals surface area contributed by atoms with Crippen molar-refractivity contribution in [2.75, 3.05) is 33.4 Å². The van der Waals surface area contributed by atoms with Gasteiger partial charge in [0.05, 0.1) is 24.8 Å². The van der Waals surface area contributed by atoms with Crippen LogP contribution in [0.4, 0.5) is 0 Å². The van der Waals surface area contributed by atoms with E-state index in [-0.39, 0.29) is 6.04 Å². The minimum absolute atomic E-state index is 0.226. The van der Waals surface area contributed by atoms with Crippen LogP contribution in [0.5, 0.6) is 11.5 Å². The number of hydrogen-bond acceptors (Lipinski definition) is 5. The summed E-state index contributed by atoms with van der Waals surface area (Å²) in [5.74, 6) is 2.38. The van der Waals surface area contributed by atoms with Gasteiger partial charge in [-0.2, -0.15) is 0 Å². The number of benzene rings is 1. The quantitative estimate of drug-likeness (QED) is 0.802. The van der Waals surface area contributed by atoms with E-state index in [1.807, 2.05) is 31.6 Å². The lowest BCUT2D eigenvalue weighted by Crippen LogP contribution is -2.46. The molecule has 0 spiro atoms. The van der Waals surface area contributed by atoms with Gasteiger partial charge in [-0.1, -0.05) is 18.5 Å². The fourth-order valence-electron chi connectivity index (χ4n) is 3.33. The lowest BCUT2D eigenvalue weighted by molar-refractivity contribution is 0.144. The van der Waals surface area contributed by atoms with E-state index < -0.39 is 0 Å². The maximum atomic E-state index is 6.48. The first-order valence-corrected chi connectivity index (χ1v) is 9.43. The molecule has 0 bridgehead atoms. The van der Waals surface area contributed by atoms with E-state index in [1.54, 1.807) is 7.11 Å². The van der Waals surface area contributed by atoms with Gasteiger partial charge in [-0.05, 0) is 24.1 Å². The highest BCUT2D eigenvalue weighted by molar-refractivity contribution is 6.32. The summed E-state index contributed by atoms with van der Waals surface area (Å²) in [4.78, 5) is 6.97. The van der Waals surface area contributed by atoms with Gasteiger partial charge in [-0.25, -0.2) is 4.98 Å². The molecule has 1 aliphatic rings. The topological polar surface area (TPSA) is 51.5 Å². The molecule has 0 amide bonds. The molecule has 1 N–H and O–H groups in total. The van der Waals surface area contributed by atoms with Crippen LogP contribution in [-0.4, -0.2) is 47.8 Å². The molecule has 1 fully saturated rings. The molecule has 1 aromatic carbocycles. The number of hydrogen-bond donors (Lipinski definition) is 1. The second-order valence-electron chi connectivity index (χ2n) is 6.54. The molecule has 6 nitrogen and oxygen atoms in total. The summed E-state index contributed by atoms with van der Waals surface area (Å²) in [6.45, 7) is 6.26. The van der Waals surface area contributed by atoms with E-state index in [9.17, 15) is 0 Å². The fraction of sp³-hybridized carbons (Fsp3) is 0.526. The summed E-state index contributed by atoms with van der Waals surface area (Å²) in [7, 11) is 3.69. The van der Waals surface area contributed by atoms with Gasteiger partial charge in [-0.3, -0.25) is 4.90 Å². The first-order chi connectivity index (χ1) is 12.6. The number of nitrogens with zero attached hydrogens (tertiary/aromatic N) is 3. The molecule has 2 heterocycles. The summed E-state index contributed by atoms with van der Waals surface area (Å²) in [6, 6.07) is 4.23. The predicted molar refractivity (Wildman–Crippen MR) is 103 cm³/mol. The smallest absolute Gasteiger partial charge is 0.179 e. The Bertz CT molecular complexity index is 734. The van der Waals surface area contributed by atoms with Crippen LogP contribution in [0.15, 0.2) is 24.5 Å². The molecule has 0 radical (unpaired) electrons. The molecule has 26 heavy (non-hydrogen) atoms. The number of ether oxygens (including phenoxy) is 2. The highest BCUT2D eigenvalue weighted by atomic mass is 35.5. The maximum Gasteiger partial charge on any atom is 0.179 e. The molecule has 1 saturated heterocycles. The van der Waals surface area contributed by atoms with Gasteiger partial charge in [0.1, 0.15) is 5.82 Å². The molecule has 2 aromatic rings. The Kier molecular flexibility index (Phi) is 6.40. The van der Waals surface area contributed by atoms with Crippen molar-refractivity contribution in [1.82, 2.24) is 19.8 Å². The van der Waals surface area contributed by atoms with Crippen molar-refractivity contribution in [3.8, 4) is 11.5 Å². The van der Waals surface area contributed by atoms with Crippen LogP contribution in [0.25, 0.3) is 0 Å². The van der Waals surface area contributed by atoms with Crippen LogP contribution < -0.4 is 14.8 Å². The molecule has 1 aliphatic heterocycles. The Labute approximate surface area is 160 Å². The third-order valence-corrected chi connectivity index (χ3v) is 4.92. The molecule has 7 heteroatoms. The van der Waals surface area contributed by atoms with E-state index in [2.05, 4.69) is 26.7 Å². The first kappa shape index (κ1) is 19.0. The van der Waals surface area contributed by atoms with E-state index in [4.69, 9.17) is 21.1 Å². The average Bonchev–Trinajstić information content (AvgIpc) is 3.06. The van der Waals surface area contributed by atoms with Gasteiger partial charge in [0.2, 0.25) is 0 Å². The van der Waals surface area contributed by atoms with Crippen LogP contribution >= 0.6 is 11.6 Å². The predicted octanol–water partition coefficient (Wildman–Crippen LogP) is 3.02. The minimum Gasteiger partial charge on any atom is -0.493 e. The van der Waals surface area contributed by atoms with E-state index in [0.717, 1.165) is 44.0 Å². The Balaban J connectivity index is 1.82. The number of rotatable bonds is 7. The van der Waals surface area contributed by atoms with Crippen molar-refractivity contribution in [3.63, 3.8) is 0 Å². The van der Waals surface area contributed by atoms with E-state index in [0.29, 0.717) is 23.1 Å². The van der Waals surface area contributed by atoms with Crippen molar-refractivity contribution in [2.24, 2.45) is 7.05 Å². The monoisotopic (exact) mass is 378 g/mol. The second kappa shape index (κ2) is 8.75. The summed E-state index contributed by atoms with van der Waals surface area (Å²) in [6.07, 6.45) is 4.76. The second-order valence-corrected chi connectivity index (χ2v) is 6.95. The van der Waals surface area contributed by atoms with Crippen molar-refractivity contribution >= 4 is 11.6 Å². The molecule has 142 valence electrons. The Hall–Kier alpha value is -1.76. The van der Waals surface area contributed by atoms with Crippen molar-refractivity contribution in [1.29, 1.82) is 0 Å². The number of methoxy groups -OCH3 is 1. The number of imidazole rings is 1. The lowest BCUT2D eigenvalue weighted by atomic mass is 10.1. The Morgan fingerprint density at radius 3 is 2.92 bits per heavy atom. The van der Waals surface area contributed by atoms with E-state index in [1.165, 1.54) is 0 Å². The number of nitrogens with one attached hydrogen (secondary N) is 1. The minimum atomic E-state index is 0.226. The van der Waals surface area contributed by atoms with E-state index >= 15 is 0 Å². The van der Waals surface area contributed by atoms with Gasteiger partial charge in [0.25, 0.3) is 0 Å². The van der Waals surface area contributed by atoms with Crippen LogP contribution in [0.3, 0.4) is 0 Å². The summed E-state index contributed by atoms with van der Waals surface area (Å²) in [5, 5.41) is 4.06. The first-order valence-electron chi connectivity index (χ1n) is 9.05. The van der Waals surface area contributed by atoms with Crippen LogP contribution in [0.2, 0.25) is 5.02 Å². The van der Waals surface area contributed by atoms with Crippen molar-refractivity contribution in [3.05, 3.63) is 40.9 Å². The SMILES string of the molecule is CCCOc1c(Cl)cc(CN2CCNCC2c2nccn2C)cc1OC. The van der Waals surface area contributed by atoms with Crippen LogP contribution in [0.1, 0.15) is 30.8 Å². The molecule has 0 saturated carbocycles. The molecule has 1 unspecified atom stereocenters. The number of halogens is 1. The summed E-state index contributed by atoms with van der Waals surface area (Å²) >= 11 is 6.48. The number of aryl methyl sites for hydroxylation is 1. The zero-order valence-electron chi connectivity index (χ0n) is 15.7. The normalized spacial score (nSPS) is 18.1. The molecule has 3 rings (SSSR count). The fourth-order valence-corrected chi connectivity index (χ4v) is 3.62. The number of piperazine rings is 1. The van der Waals surface area contributed by atoms with Gasteiger partial charge in [0, 0.05) is 45.6 Å². The molecule has 1 aromatic heterocycles. The van der Waals surface area contributed by atoms with Crippen molar-refractivity contribution < 1.29 is 9.47 Å². The highest BCUT2D eigenvalue weighted by Crippen LogP contribution is 2.37. The van der Waals surface area contributed by atoms with Crippen LogP contribution in [-0.2, 0) is 13.6 Å². The van der Waals surface area contributed by atoms with Gasteiger partial charge < -0.3 is 19.4 Å².